The molecule has 0 saturated heterocycles. The normalized spacial score (nSPS) is 10.2. The van der Waals surface area contributed by atoms with E-state index in [-0.39, 0.29) is 11.3 Å². The molecule has 2 N–H and O–H groups in total. The summed E-state index contributed by atoms with van der Waals surface area (Å²) in [6.07, 6.45) is 2.66. The average Bonchev–Trinajstić information content (AvgIpc) is 3.15. The van der Waals surface area contributed by atoms with Crippen molar-refractivity contribution in [2.45, 2.75) is 0 Å². The molecule has 26 heavy (non-hydrogen) atoms. The fourth-order valence-corrected chi connectivity index (χ4v) is 2.12. The molecule has 0 aliphatic carbocycles. The maximum absolute atomic E-state index is 12.2. The predicted molar refractivity (Wildman–Crippen MR) is 91.2 cm³/mol. The molecule has 0 aliphatic rings. The number of nitro benzene ring substituents is 1. The Bertz CT molecular complexity index is 953. The number of benzene rings is 2. The maximum atomic E-state index is 12.2. The first-order chi connectivity index (χ1) is 12.5. The van der Waals surface area contributed by atoms with Gasteiger partial charge in [-0.15, -0.1) is 10.2 Å². The molecule has 1 aromatic heterocycles. The van der Waals surface area contributed by atoms with Crippen molar-refractivity contribution >= 4 is 23.2 Å². The van der Waals surface area contributed by atoms with Crippen molar-refractivity contribution < 1.29 is 14.5 Å². The second kappa shape index (κ2) is 7.21. The number of carbonyl (C=O) groups excluding carboxylic acids is 2. The van der Waals surface area contributed by atoms with Crippen LogP contribution in [-0.4, -0.2) is 31.6 Å². The molecule has 0 atom stereocenters. The lowest BCUT2D eigenvalue weighted by molar-refractivity contribution is -0.384. The van der Waals surface area contributed by atoms with Gasteiger partial charge in [0.1, 0.15) is 12.7 Å². The summed E-state index contributed by atoms with van der Waals surface area (Å²) in [7, 11) is 0. The van der Waals surface area contributed by atoms with E-state index in [9.17, 15) is 19.7 Å². The molecule has 3 rings (SSSR count). The summed E-state index contributed by atoms with van der Waals surface area (Å²) in [5, 5.41) is 20.4. The summed E-state index contributed by atoms with van der Waals surface area (Å²) >= 11 is 0. The van der Waals surface area contributed by atoms with E-state index in [1.165, 1.54) is 47.7 Å². The molecule has 0 bridgehead atoms. The van der Waals surface area contributed by atoms with E-state index in [0.29, 0.717) is 11.3 Å². The van der Waals surface area contributed by atoms with Gasteiger partial charge in [0.25, 0.3) is 17.5 Å². The number of rotatable bonds is 5. The van der Waals surface area contributed by atoms with E-state index in [4.69, 9.17) is 0 Å². The van der Waals surface area contributed by atoms with Crippen molar-refractivity contribution in [1.29, 1.82) is 0 Å². The Balaban J connectivity index is 1.70. The fraction of sp³-hybridized carbons (Fsp3) is 0. The predicted octanol–water partition coefficient (Wildman–Crippen LogP) is 1.82. The summed E-state index contributed by atoms with van der Waals surface area (Å²) < 4.78 is 1.30. The Morgan fingerprint density at radius 2 is 1.65 bits per heavy atom. The van der Waals surface area contributed by atoms with Gasteiger partial charge >= 0.3 is 0 Å². The Hall–Kier alpha value is -4.08. The molecule has 2 amide bonds. The van der Waals surface area contributed by atoms with Crippen LogP contribution in [0.25, 0.3) is 0 Å². The van der Waals surface area contributed by atoms with Gasteiger partial charge in [-0.3, -0.25) is 25.1 Å². The molecule has 10 nitrogen and oxygen atoms in total. The van der Waals surface area contributed by atoms with Crippen LogP contribution < -0.4 is 10.7 Å². The number of hydrogen-bond acceptors (Lipinski definition) is 6. The van der Waals surface area contributed by atoms with Crippen LogP contribution in [0.1, 0.15) is 20.7 Å². The van der Waals surface area contributed by atoms with Crippen LogP contribution in [0.4, 0.5) is 11.4 Å². The summed E-state index contributed by atoms with van der Waals surface area (Å²) in [4.78, 5) is 34.5. The number of aromatic nitrogens is 3. The standard InChI is InChI=1S/C16H12N6O4/c23-15(11-4-6-14(7-5-11)22(25)26)19-13-3-1-2-12(8-13)16(24)20-21-9-17-18-10-21/h1-10H,(H,19,23)(H,20,24). The van der Waals surface area contributed by atoms with Crippen molar-refractivity contribution in [2.75, 3.05) is 10.7 Å². The summed E-state index contributed by atoms with van der Waals surface area (Å²) in [6.45, 7) is 0. The Morgan fingerprint density at radius 1 is 0.962 bits per heavy atom. The first kappa shape index (κ1) is 16.8. The molecule has 0 aliphatic heterocycles. The molecule has 0 fully saturated rings. The van der Waals surface area contributed by atoms with Crippen LogP contribution in [0.2, 0.25) is 0 Å². The monoisotopic (exact) mass is 352 g/mol. The first-order valence-electron chi connectivity index (χ1n) is 7.35. The average molecular weight is 352 g/mol. The zero-order valence-corrected chi connectivity index (χ0v) is 13.2. The number of nitrogens with one attached hydrogen (secondary N) is 2. The molecule has 10 heteroatoms. The number of hydrogen-bond donors (Lipinski definition) is 2. The van der Waals surface area contributed by atoms with E-state index in [1.807, 2.05) is 0 Å². The summed E-state index contributed by atoms with van der Waals surface area (Å²) in [5.74, 6) is -0.854. The Labute approximate surface area is 146 Å². The number of nitrogens with zero attached hydrogens (tertiary/aromatic N) is 4. The van der Waals surface area contributed by atoms with Crippen LogP contribution in [0, 0.1) is 10.1 Å². The second-order valence-corrected chi connectivity index (χ2v) is 5.15. The lowest BCUT2D eigenvalue weighted by atomic mass is 10.1. The molecule has 3 aromatic rings. The second-order valence-electron chi connectivity index (χ2n) is 5.15. The molecule has 0 radical (unpaired) electrons. The summed E-state index contributed by atoms with van der Waals surface area (Å²) in [6, 6.07) is 11.5. The lowest BCUT2D eigenvalue weighted by Gasteiger charge is -2.08. The van der Waals surface area contributed by atoms with E-state index in [2.05, 4.69) is 20.9 Å². The van der Waals surface area contributed by atoms with Crippen molar-refractivity contribution in [1.82, 2.24) is 14.9 Å². The van der Waals surface area contributed by atoms with Crippen molar-refractivity contribution in [2.24, 2.45) is 0 Å². The number of amides is 2. The summed E-state index contributed by atoms with van der Waals surface area (Å²) in [5.41, 5.74) is 3.43. The molecular weight excluding hydrogens is 340 g/mol. The third kappa shape index (κ3) is 3.87. The highest BCUT2D eigenvalue weighted by Crippen LogP contribution is 2.15. The number of carbonyl (C=O) groups is 2. The fourth-order valence-electron chi connectivity index (χ4n) is 2.12. The van der Waals surface area contributed by atoms with Gasteiger partial charge in [-0.25, -0.2) is 4.68 Å². The van der Waals surface area contributed by atoms with Gasteiger partial charge in [-0.05, 0) is 30.3 Å². The highest BCUT2D eigenvalue weighted by atomic mass is 16.6. The van der Waals surface area contributed by atoms with Gasteiger partial charge in [0, 0.05) is 28.9 Å². The van der Waals surface area contributed by atoms with Gasteiger partial charge in [0.2, 0.25) is 0 Å². The van der Waals surface area contributed by atoms with Gasteiger partial charge < -0.3 is 5.32 Å². The van der Waals surface area contributed by atoms with Crippen LogP contribution >= 0.6 is 0 Å². The van der Waals surface area contributed by atoms with E-state index in [1.54, 1.807) is 18.2 Å². The van der Waals surface area contributed by atoms with E-state index < -0.39 is 16.7 Å². The highest BCUT2D eigenvalue weighted by Gasteiger charge is 2.11. The minimum absolute atomic E-state index is 0.103. The van der Waals surface area contributed by atoms with E-state index in [0.717, 1.165) is 0 Å². The third-order valence-corrected chi connectivity index (χ3v) is 3.37. The van der Waals surface area contributed by atoms with Gasteiger partial charge in [-0.1, -0.05) is 6.07 Å². The maximum Gasteiger partial charge on any atom is 0.270 e. The third-order valence-electron chi connectivity index (χ3n) is 3.37. The largest absolute Gasteiger partial charge is 0.322 e. The molecular formula is C16H12N6O4. The van der Waals surface area contributed by atoms with Crippen LogP contribution in [-0.2, 0) is 0 Å². The molecule has 0 saturated carbocycles. The smallest absolute Gasteiger partial charge is 0.270 e. The number of anilines is 1. The van der Waals surface area contributed by atoms with E-state index >= 15 is 0 Å². The molecule has 2 aromatic carbocycles. The van der Waals surface area contributed by atoms with Crippen molar-refractivity contribution in [3.8, 4) is 0 Å². The molecule has 0 unspecified atom stereocenters. The zero-order valence-electron chi connectivity index (χ0n) is 13.2. The topological polar surface area (TPSA) is 132 Å². The first-order valence-corrected chi connectivity index (χ1v) is 7.35. The quantitative estimate of drug-likeness (QED) is 0.532. The SMILES string of the molecule is O=C(Nc1cccc(C(=O)Nn2cnnc2)c1)c1ccc([N+](=O)[O-])cc1. The van der Waals surface area contributed by atoms with Crippen molar-refractivity contribution in [3.63, 3.8) is 0 Å². The van der Waals surface area contributed by atoms with Crippen LogP contribution in [0.15, 0.2) is 61.2 Å². The molecule has 1 heterocycles. The van der Waals surface area contributed by atoms with Gasteiger partial charge in [0.15, 0.2) is 0 Å². The van der Waals surface area contributed by atoms with Crippen LogP contribution in [0.5, 0.6) is 0 Å². The van der Waals surface area contributed by atoms with Crippen LogP contribution in [0.3, 0.4) is 0 Å². The molecule has 130 valence electrons. The lowest BCUT2D eigenvalue weighted by Crippen LogP contribution is -2.21. The number of non-ortho nitro benzene ring substituents is 1. The zero-order chi connectivity index (χ0) is 18.5. The Morgan fingerprint density at radius 3 is 2.31 bits per heavy atom. The molecule has 0 spiro atoms. The minimum Gasteiger partial charge on any atom is -0.322 e. The highest BCUT2D eigenvalue weighted by molar-refractivity contribution is 6.06. The Kier molecular flexibility index (Phi) is 4.65. The number of nitro groups is 1. The minimum atomic E-state index is -0.542. The van der Waals surface area contributed by atoms with Crippen molar-refractivity contribution in [3.05, 3.63) is 82.4 Å². The van der Waals surface area contributed by atoms with Gasteiger partial charge in [0.05, 0.1) is 4.92 Å². The van der Waals surface area contributed by atoms with Gasteiger partial charge in [-0.2, -0.15) is 0 Å².